The fraction of sp³-hybridized carbons (Fsp3) is 0.421. The van der Waals surface area contributed by atoms with Crippen LogP contribution in [0.15, 0.2) is 47.8 Å². The summed E-state index contributed by atoms with van der Waals surface area (Å²) >= 11 is 1.69. The lowest BCUT2D eigenvalue weighted by molar-refractivity contribution is -0.135. The minimum Gasteiger partial charge on any atom is -0.335 e. The molecule has 3 nitrogen and oxygen atoms in total. The normalized spacial score (nSPS) is 29.7. The van der Waals surface area contributed by atoms with Crippen molar-refractivity contribution in [3.05, 3.63) is 58.3 Å². The number of hydrogen-bond acceptors (Lipinski definition) is 3. The Morgan fingerprint density at radius 3 is 2.74 bits per heavy atom. The van der Waals surface area contributed by atoms with Crippen LogP contribution in [0.3, 0.4) is 0 Å². The zero-order valence-corrected chi connectivity index (χ0v) is 14.0. The predicted octanol–water partition coefficient (Wildman–Crippen LogP) is 3.33. The fourth-order valence-corrected chi connectivity index (χ4v) is 5.11. The minimum absolute atomic E-state index is 0.222. The summed E-state index contributed by atoms with van der Waals surface area (Å²) in [5.41, 5.74) is 6.84. The minimum atomic E-state index is -0.347. The monoisotopic (exact) mass is 326 g/mol. The molecule has 0 spiro atoms. The van der Waals surface area contributed by atoms with E-state index in [1.807, 2.05) is 12.1 Å². The van der Waals surface area contributed by atoms with Gasteiger partial charge >= 0.3 is 0 Å². The van der Waals surface area contributed by atoms with Crippen LogP contribution in [0.5, 0.6) is 0 Å². The summed E-state index contributed by atoms with van der Waals surface area (Å²) in [6.07, 6.45) is 3.05. The molecule has 0 bridgehead atoms. The summed E-state index contributed by atoms with van der Waals surface area (Å²) < 4.78 is 0. The lowest BCUT2D eigenvalue weighted by atomic mass is 9.97. The number of likely N-dealkylation sites (tertiary alicyclic amines) is 1. The summed E-state index contributed by atoms with van der Waals surface area (Å²) in [6, 6.07) is 14.8. The maximum Gasteiger partial charge on any atom is 0.234 e. The SMILES string of the molecule is NC[C@@H]1C[C@@]1(C(=O)N1CCC[C@@H]1c1ccccc1)c1cccs1. The van der Waals surface area contributed by atoms with E-state index < -0.39 is 0 Å². The molecule has 4 heteroatoms. The molecule has 1 aliphatic heterocycles. The number of nitrogens with zero attached hydrogens (tertiary/aromatic N) is 1. The third-order valence-electron chi connectivity index (χ3n) is 5.43. The Hall–Kier alpha value is -1.65. The number of amides is 1. The van der Waals surface area contributed by atoms with Gasteiger partial charge in [-0.15, -0.1) is 11.3 Å². The van der Waals surface area contributed by atoms with Crippen LogP contribution in [-0.2, 0) is 10.2 Å². The number of carbonyl (C=O) groups excluding carboxylic acids is 1. The molecule has 1 aromatic heterocycles. The van der Waals surface area contributed by atoms with Gasteiger partial charge in [0.05, 0.1) is 11.5 Å². The van der Waals surface area contributed by atoms with Gasteiger partial charge in [0.2, 0.25) is 5.91 Å². The smallest absolute Gasteiger partial charge is 0.234 e. The first-order valence-corrected chi connectivity index (χ1v) is 9.25. The van der Waals surface area contributed by atoms with Crippen LogP contribution in [-0.4, -0.2) is 23.9 Å². The van der Waals surface area contributed by atoms with Crippen LogP contribution in [0.1, 0.15) is 35.7 Å². The molecule has 0 radical (unpaired) electrons. The molecule has 1 aliphatic carbocycles. The summed E-state index contributed by atoms with van der Waals surface area (Å²) in [4.78, 5) is 16.8. The van der Waals surface area contributed by atoms with E-state index in [-0.39, 0.29) is 11.5 Å². The molecule has 0 unspecified atom stereocenters. The maximum atomic E-state index is 13.5. The van der Waals surface area contributed by atoms with Crippen molar-refractivity contribution in [1.82, 2.24) is 4.90 Å². The first kappa shape index (κ1) is 14.9. The Labute approximate surface area is 141 Å². The molecule has 2 aromatic rings. The topological polar surface area (TPSA) is 46.3 Å². The van der Waals surface area contributed by atoms with Gasteiger partial charge in [0, 0.05) is 11.4 Å². The third kappa shape index (κ3) is 2.32. The van der Waals surface area contributed by atoms with Gasteiger partial charge in [-0.1, -0.05) is 36.4 Å². The number of benzene rings is 1. The number of thiophene rings is 1. The van der Waals surface area contributed by atoms with E-state index in [0.717, 1.165) is 25.8 Å². The average molecular weight is 326 g/mol. The average Bonchev–Trinajstić information content (AvgIpc) is 3.00. The molecule has 2 fully saturated rings. The Balaban J connectivity index is 1.65. The van der Waals surface area contributed by atoms with Gasteiger partial charge in [0.1, 0.15) is 0 Å². The molecule has 4 rings (SSSR count). The first-order chi connectivity index (χ1) is 11.3. The Morgan fingerprint density at radius 2 is 2.09 bits per heavy atom. The van der Waals surface area contributed by atoms with E-state index >= 15 is 0 Å². The fourth-order valence-electron chi connectivity index (χ4n) is 4.10. The number of rotatable bonds is 4. The molecule has 1 saturated carbocycles. The van der Waals surface area contributed by atoms with Crippen LogP contribution >= 0.6 is 11.3 Å². The Kier molecular flexibility index (Phi) is 3.74. The molecule has 3 atom stereocenters. The molecule has 1 amide bonds. The predicted molar refractivity (Wildman–Crippen MR) is 93.3 cm³/mol. The van der Waals surface area contributed by atoms with Crippen molar-refractivity contribution < 1.29 is 4.79 Å². The van der Waals surface area contributed by atoms with Crippen molar-refractivity contribution in [3.8, 4) is 0 Å². The zero-order valence-electron chi connectivity index (χ0n) is 13.2. The molecule has 120 valence electrons. The van der Waals surface area contributed by atoms with E-state index in [1.165, 1.54) is 10.4 Å². The summed E-state index contributed by atoms with van der Waals surface area (Å²) in [5.74, 6) is 0.590. The largest absolute Gasteiger partial charge is 0.335 e. The second kappa shape index (κ2) is 5.77. The van der Waals surface area contributed by atoms with Crippen molar-refractivity contribution in [2.75, 3.05) is 13.1 Å². The standard InChI is InChI=1S/C19H22N2OS/c20-13-15-12-19(15,17-9-5-11-23-17)18(22)21-10-4-8-16(21)14-6-2-1-3-7-14/h1-3,5-7,9,11,15-16H,4,8,10,12-13,20H2/t15-,16+,19-/m0/s1. The molecule has 2 aliphatic rings. The zero-order chi connectivity index (χ0) is 15.9. The number of hydrogen-bond donors (Lipinski definition) is 1. The lowest BCUT2D eigenvalue weighted by Crippen LogP contribution is -2.40. The first-order valence-electron chi connectivity index (χ1n) is 8.37. The van der Waals surface area contributed by atoms with E-state index in [9.17, 15) is 4.79 Å². The van der Waals surface area contributed by atoms with Crippen LogP contribution in [0.4, 0.5) is 0 Å². The van der Waals surface area contributed by atoms with E-state index in [0.29, 0.717) is 18.4 Å². The van der Waals surface area contributed by atoms with E-state index in [1.54, 1.807) is 11.3 Å². The highest BCUT2D eigenvalue weighted by Gasteiger charge is 2.62. The van der Waals surface area contributed by atoms with Gasteiger partial charge in [-0.2, -0.15) is 0 Å². The highest BCUT2D eigenvalue weighted by atomic mass is 32.1. The third-order valence-corrected chi connectivity index (χ3v) is 6.48. The highest BCUT2D eigenvalue weighted by molar-refractivity contribution is 7.10. The molecular formula is C19H22N2OS. The van der Waals surface area contributed by atoms with Gasteiger partial charge in [0.25, 0.3) is 0 Å². The van der Waals surface area contributed by atoms with Crippen LogP contribution in [0, 0.1) is 5.92 Å². The number of carbonyl (C=O) groups is 1. The molecular weight excluding hydrogens is 304 g/mol. The number of nitrogens with two attached hydrogens (primary N) is 1. The van der Waals surface area contributed by atoms with Gasteiger partial charge in [0.15, 0.2) is 0 Å². The van der Waals surface area contributed by atoms with E-state index in [2.05, 4.69) is 40.6 Å². The molecule has 1 saturated heterocycles. The lowest BCUT2D eigenvalue weighted by Gasteiger charge is -2.29. The van der Waals surface area contributed by atoms with Crippen LogP contribution in [0.25, 0.3) is 0 Å². The van der Waals surface area contributed by atoms with Crippen LogP contribution < -0.4 is 5.73 Å². The Morgan fingerprint density at radius 1 is 1.26 bits per heavy atom. The summed E-state index contributed by atoms with van der Waals surface area (Å²) in [7, 11) is 0. The van der Waals surface area contributed by atoms with E-state index in [4.69, 9.17) is 5.73 Å². The van der Waals surface area contributed by atoms with Crippen molar-refractivity contribution in [2.45, 2.75) is 30.7 Å². The maximum absolute atomic E-state index is 13.5. The molecule has 2 N–H and O–H groups in total. The summed E-state index contributed by atoms with van der Waals surface area (Å²) in [5, 5.41) is 2.06. The van der Waals surface area contributed by atoms with Crippen LogP contribution in [0.2, 0.25) is 0 Å². The quantitative estimate of drug-likeness (QED) is 0.937. The van der Waals surface area contributed by atoms with Crippen molar-refractivity contribution in [1.29, 1.82) is 0 Å². The van der Waals surface area contributed by atoms with Crippen molar-refractivity contribution in [2.24, 2.45) is 11.7 Å². The van der Waals surface area contributed by atoms with Gasteiger partial charge < -0.3 is 10.6 Å². The Bertz CT molecular complexity index is 685. The summed E-state index contributed by atoms with van der Waals surface area (Å²) in [6.45, 7) is 1.45. The van der Waals surface area contributed by atoms with Crippen molar-refractivity contribution >= 4 is 17.2 Å². The molecule has 1 aromatic carbocycles. The second-order valence-electron chi connectivity index (χ2n) is 6.65. The molecule has 2 heterocycles. The van der Waals surface area contributed by atoms with Crippen molar-refractivity contribution in [3.63, 3.8) is 0 Å². The van der Waals surface area contributed by atoms with Gasteiger partial charge in [-0.3, -0.25) is 4.79 Å². The second-order valence-corrected chi connectivity index (χ2v) is 7.60. The van der Waals surface area contributed by atoms with Gasteiger partial charge in [-0.25, -0.2) is 0 Å². The van der Waals surface area contributed by atoms with Gasteiger partial charge in [-0.05, 0) is 48.7 Å². The highest BCUT2D eigenvalue weighted by Crippen LogP contribution is 2.57. The molecule has 23 heavy (non-hydrogen) atoms.